The standard InChI is InChI=1S/C24H22ClN5O2/c1-14(2)18-8-6-17(7-9-18)13-27-28-23(31)22-16(4)20(12-26)24(32)30(29-22)19-10-5-15(3)21(25)11-19/h5-11,13-14H,1-4H3,(H,28,31)/b27-13+. The largest absolute Gasteiger partial charge is 0.292 e. The molecule has 0 aliphatic carbocycles. The Balaban J connectivity index is 1.92. The first kappa shape index (κ1) is 22.9. The first-order chi connectivity index (χ1) is 15.2. The van der Waals surface area contributed by atoms with E-state index in [1.165, 1.54) is 18.7 Å². The van der Waals surface area contributed by atoms with Gasteiger partial charge in [0.2, 0.25) is 0 Å². The van der Waals surface area contributed by atoms with E-state index in [1.807, 2.05) is 37.3 Å². The van der Waals surface area contributed by atoms with Gasteiger partial charge in [-0.2, -0.15) is 20.1 Å². The fourth-order valence-electron chi connectivity index (χ4n) is 3.03. The van der Waals surface area contributed by atoms with Crippen molar-refractivity contribution in [2.24, 2.45) is 5.10 Å². The van der Waals surface area contributed by atoms with Gasteiger partial charge in [-0.1, -0.05) is 55.8 Å². The molecule has 32 heavy (non-hydrogen) atoms. The Morgan fingerprint density at radius 1 is 1.22 bits per heavy atom. The molecule has 0 unspecified atom stereocenters. The van der Waals surface area contributed by atoms with Gasteiger partial charge in [0.15, 0.2) is 5.69 Å². The Kier molecular flexibility index (Phi) is 6.86. The quantitative estimate of drug-likeness (QED) is 0.466. The second kappa shape index (κ2) is 9.58. The Hall–Kier alpha value is -3.76. The maximum atomic E-state index is 12.7. The maximum absolute atomic E-state index is 12.7. The highest BCUT2D eigenvalue weighted by Gasteiger charge is 2.20. The van der Waals surface area contributed by atoms with Crippen LogP contribution in [0.25, 0.3) is 5.69 Å². The van der Waals surface area contributed by atoms with Gasteiger partial charge in [0, 0.05) is 10.6 Å². The Morgan fingerprint density at radius 3 is 2.50 bits per heavy atom. The molecular weight excluding hydrogens is 426 g/mol. The van der Waals surface area contributed by atoms with E-state index in [2.05, 4.69) is 29.5 Å². The van der Waals surface area contributed by atoms with Crippen LogP contribution >= 0.6 is 11.6 Å². The number of hydrazone groups is 1. The smallest absolute Gasteiger partial charge is 0.266 e. The van der Waals surface area contributed by atoms with Crippen LogP contribution in [0.15, 0.2) is 52.4 Å². The molecule has 0 saturated carbocycles. The molecule has 0 fully saturated rings. The lowest BCUT2D eigenvalue weighted by Gasteiger charge is -2.11. The topological polar surface area (TPSA) is 100 Å². The average molecular weight is 448 g/mol. The van der Waals surface area contributed by atoms with Crippen molar-refractivity contribution in [3.8, 4) is 11.8 Å². The number of carbonyl (C=O) groups is 1. The Bertz CT molecular complexity index is 1300. The van der Waals surface area contributed by atoms with E-state index >= 15 is 0 Å². The molecule has 0 aliphatic heterocycles. The molecule has 2 aromatic carbocycles. The van der Waals surface area contributed by atoms with Crippen LogP contribution in [0.2, 0.25) is 5.02 Å². The SMILES string of the molecule is Cc1ccc(-n2nc(C(=O)N/N=C/c3ccc(C(C)C)cc3)c(C)c(C#N)c2=O)cc1Cl. The molecule has 0 bridgehead atoms. The van der Waals surface area contributed by atoms with Crippen molar-refractivity contribution in [1.29, 1.82) is 5.26 Å². The number of nitrogens with one attached hydrogen (secondary N) is 1. The molecule has 1 heterocycles. The molecule has 0 spiro atoms. The summed E-state index contributed by atoms with van der Waals surface area (Å²) in [6.07, 6.45) is 1.51. The van der Waals surface area contributed by atoms with E-state index in [9.17, 15) is 14.9 Å². The van der Waals surface area contributed by atoms with E-state index in [1.54, 1.807) is 18.2 Å². The number of halogens is 1. The van der Waals surface area contributed by atoms with Crippen molar-refractivity contribution in [2.45, 2.75) is 33.6 Å². The number of aryl methyl sites for hydroxylation is 1. The van der Waals surface area contributed by atoms with E-state index in [4.69, 9.17) is 11.6 Å². The predicted molar refractivity (Wildman–Crippen MR) is 125 cm³/mol. The van der Waals surface area contributed by atoms with Gasteiger partial charge in [-0.3, -0.25) is 9.59 Å². The third kappa shape index (κ3) is 4.76. The molecule has 8 heteroatoms. The molecule has 3 aromatic rings. The molecule has 1 amide bonds. The third-order valence-corrected chi connectivity index (χ3v) is 5.45. The molecule has 0 radical (unpaired) electrons. The van der Waals surface area contributed by atoms with Crippen LogP contribution in [0.4, 0.5) is 0 Å². The van der Waals surface area contributed by atoms with E-state index in [0.29, 0.717) is 16.6 Å². The normalized spacial score (nSPS) is 11.0. The van der Waals surface area contributed by atoms with Crippen LogP contribution in [0, 0.1) is 25.2 Å². The maximum Gasteiger partial charge on any atom is 0.292 e. The third-order valence-electron chi connectivity index (χ3n) is 5.05. The van der Waals surface area contributed by atoms with Crippen LogP contribution in [0.3, 0.4) is 0 Å². The number of aromatic nitrogens is 2. The van der Waals surface area contributed by atoms with Crippen molar-refractivity contribution in [3.63, 3.8) is 0 Å². The van der Waals surface area contributed by atoms with Gasteiger partial charge in [-0.15, -0.1) is 0 Å². The number of nitrogens with zero attached hydrogens (tertiary/aromatic N) is 4. The molecule has 0 aliphatic rings. The molecule has 0 saturated heterocycles. The summed E-state index contributed by atoms with van der Waals surface area (Å²) in [6, 6.07) is 14.6. The van der Waals surface area contributed by atoms with Gasteiger partial charge in [-0.25, -0.2) is 5.43 Å². The lowest BCUT2D eigenvalue weighted by atomic mass is 10.0. The highest BCUT2D eigenvalue weighted by atomic mass is 35.5. The second-order valence-electron chi connectivity index (χ2n) is 7.63. The zero-order valence-corrected chi connectivity index (χ0v) is 18.9. The molecule has 0 atom stereocenters. The second-order valence-corrected chi connectivity index (χ2v) is 8.04. The van der Waals surface area contributed by atoms with Gasteiger partial charge in [0.1, 0.15) is 11.6 Å². The van der Waals surface area contributed by atoms with E-state index in [0.717, 1.165) is 15.8 Å². The fraction of sp³-hybridized carbons (Fsp3) is 0.208. The van der Waals surface area contributed by atoms with E-state index < -0.39 is 11.5 Å². The highest BCUT2D eigenvalue weighted by Crippen LogP contribution is 2.19. The van der Waals surface area contributed by atoms with Crippen LogP contribution < -0.4 is 11.0 Å². The van der Waals surface area contributed by atoms with Crippen molar-refractivity contribution in [2.75, 3.05) is 0 Å². The highest BCUT2D eigenvalue weighted by molar-refractivity contribution is 6.31. The lowest BCUT2D eigenvalue weighted by Crippen LogP contribution is -2.31. The molecule has 1 aromatic heterocycles. The summed E-state index contributed by atoms with van der Waals surface area (Å²) < 4.78 is 1.00. The van der Waals surface area contributed by atoms with Gasteiger partial charge < -0.3 is 0 Å². The minimum atomic E-state index is -0.638. The molecule has 3 rings (SSSR count). The van der Waals surface area contributed by atoms with Gasteiger partial charge in [0.25, 0.3) is 11.5 Å². The summed E-state index contributed by atoms with van der Waals surface area (Å²) in [5.74, 6) is -0.218. The zero-order valence-electron chi connectivity index (χ0n) is 18.2. The van der Waals surface area contributed by atoms with Crippen molar-refractivity contribution < 1.29 is 4.79 Å². The van der Waals surface area contributed by atoms with Gasteiger partial charge in [0.05, 0.1) is 11.9 Å². The first-order valence-electron chi connectivity index (χ1n) is 9.96. The summed E-state index contributed by atoms with van der Waals surface area (Å²) in [7, 11) is 0. The Morgan fingerprint density at radius 2 is 1.91 bits per heavy atom. The van der Waals surface area contributed by atoms with Crippen molar-refractivity contribution >= 4 is 23.7 Å². The predicted octanol–water partition coefficient (Wildman–Crippen LogP) is 4.26. The molecule has 7 nitrogen and oxygen atoms in total. The summed E-state index contributed by atoms with van der Waals surface area (Å²) in [5, 5.41) is 18.1. The molecular formula is C24H22ClN5O2. The summed E-state index contributed by atoms with van der Waals surface area (Å²) in [4.78, 5) is 25.5. The van der Waals surface area contributed by atoms with E-state index in [-0.39, 0.29) is 16.8 Å². The monoisotopic (exact) mass is 447 g/mol. The number of benzene rings is 2. The average Bonchev–Trinajstić information content (AvgIpc) is 2.76. The number of hydrogen-bond acceptors (Lipinski definition) is 5. The number of rotatable bonds is 5. The number of hydrogen-bond donors (Lipinski definition) is 1. The number of nitriles is 1. The van der Waals surface area contributed by atoms with Gasteiger partial charge >= 0.3 is 0 Å². The molecule has 1 N–H and O–H groups in total. The first-order valence-corrected chi connectivity index (χ1v) is 10.3. The number of carbonyl (C=O) groups excluding carboxylic acids is 1. The minimum absolute atomic E-state index is 0.0786. The summed E-state index contributed by atoms with van der Waals surface area (Å²) in [5.41, 5.74) is 4.91. The minimum Gasteiger partial charge on any atom is -0.266 e. The summed E-state index contributed by atoms with van der Waals surface area (Å²) in [6.45, 7) is 7.55. The van der Waals surface area contributed by atoms with Crippen molar-refractivity contribution in [1.82, 2.24) is 15.2 Å². The Labute approximate surface area is 191 Å². The van der Waals surface area contributed by atoms with Crippen LogP contribution in [-0.4, -0.2) is 21.9 Å². The summed E-state index contributed by atoms with van der Waals surface area (Å²) >= 11 is 6.17. The van der Waals surface area contributed by atoms with Gasteiger partial charge in [-0.05, 0) is 48.6 Å². The van der Waals surface area contributed by atoms with Crippen LogP contribution in [0.5, 0.6) is 0 Å². The molecule has 162 valence electrons. The number of amides is 1. The van der Waals surface area contributed by atoms with Crippen molar-refractivity contribution in [3.05, 3.63) is 91.4 Å². The van der Waals surface area contributed by atoms with Crippen LogP contribution in [-0.2, 0) is 0 Å². The zero-order chi connectivity index (χ0) is 23.4. The van der Waals surface area contributed by atoms with Crippen LogP contribution in [0.1, 0.15) is 58.1 Å². The lowest BCUT2D eigenvalue weighted by molar-refractivity contribution is 0.0947. The fourth-order valence-corrected chi connectivity index (χ4v) is 3.20.